The number of nitrogens with zero attached hydrogens (tertiary/aromatic N) is 1. The van der Waals surface area contributed by atoms with Crippen LogP contribution in [0, 0.1) is 5.82 Å². The Bertz CT molecular complexity index is 843. The maximum atomic E-state index is 14.5. The molecule has 1 aromatic heterocycles. The molecule has 0 spiro atoms. The largest absolute Gasteiger partial charge is 0.477 e. The van der Waals surface area contributed by atoms with Crippen molar-refractivity contribution >= 4 is 40.9 Å². The summed E-state index contributed by atoms with van der Waals surface area (Å²) in [5.41, 5.74) is -2.02. The number of hydrogen-bond donors (Lipinski definition) is 1. The highest BCUT2D eigenvalue weighted by Gasteiger charge is 2.36. The van der Waals surface area contributed by atoms with Gasteiger partial charge in [0.1, 0.15) is 12.4 Å². The van der Waals surface area contributed by atoms with E-state index >= 15 is 0 Å². The van der Waals surface area contributed by atoms with Crippen LogP contribution < -0.4 is 0 Å². The summed E-state index contributed by atoms with van der Waals surface area (Å²) in [5, 5.41) is 8.81. The van der Waals surface area contributed by atoms with E-state index in [2.05, 4.69) is 35.6 Å². The van der Waals surface area contributed by atoms with Crippen molar-refractivity contribution < 1.29 is 32.2 Å². The molecule has 2 aromatic rings. The van der Waals surface area contributed by atoms with Crippen LogP contribution in [0.15, 0.2) is 16.6 Å². The summed E-state index contributed by atoms with van der Waals surface area (Å²) in [5.74, 6) is -2.42. The topological polar surface area (TPSA) is 51.5 Å². The molecule has 0 saturated carbocycles. The maximum absolute atomic E-state index is 14.5. The van der Waals surface area contributed by atoms with E-state index in [4.69, 9.17) is 4.74 Å². The molecule has 2 rings (SSSR count). The number of hydrogen-bond acceptors (Lipinski definition) is 2. The minimum Gasteiger partial charge on any atom is -0.477 e. The van der Waals surface area contributed by atoms with Crippen molar-refractivity contribution in [2.45, 2.75) is 38.6 Å². The third kappa shape index (κ3) is 4.47. The lowest BCUT2D eigenvalue weighted by Gasteiger charge is -2.17. The van der Waals surface area contributed by atoms with Gasteiger partial charge in [0.2, 0.25) is 0 Å². The van der Waals surface area contributed by atoms with E-state index in [1.54, 1.807) is 0 Å². The van der Waals surface area contributed by atoms with Crippen molar-refractivity contribution in [2.75, 3.05) is 6.61 Å². The maximum Gasteiger partial charge on any atom is 0.417 e. The van der Waals surface area contributed by atoms with E-state index in [1.807, 2.05) is 0 Å². The molecule has 0 amide bonds. The molecule has 0 fully saturated rings. The van der Waals surface area contributed by atoms with Gasteiger partial charge in [0, 0.05) is 20.1 Å². The van der Waals surface area contributed by atoms with Gasteiger partial charge in [-0.3, -0.25) is 0 Å². The minimum atomic E-state index is -4.75. The van der Waals surface area contributed by atoms with Gasteiger partial charge in [0.05, 0.1) is 15.6 Å². The predicted octanol–water partition coefficient (Wildman–Crippen LogP) is 5.57. The van der Waals surface area contributed by atoms with Crippen molar-refractivity contribution in [3.63, 3.8) is 0 Å². The van der Waals surface area contributed by atoms with Crippen LogP contribution in [-0.4, -0.2) is 30.3 Å². The van der Waals surface area contributed by atoms with Crippen LogP contribution in [0.5, 0.6) is 0 Å². The van der Waals surface area contributed by atoms with Crippen LogP contribution in [-0.2, 0) is 17.6 Å². The summed E-state index contributed by atoms with van der Waals surface area (Å²) >= 11 is 2.78. The standard InChI is InChI=1S/C16H18BrF4NO3Si/c1-26(2,3)5-4-25-8-22-12(15(23)24)6-9-10(16(19,20)21)7-11(17)13(18)14(9)22/h6-7H,4-5,8H2,1-3H3,(H,23,24). The Balaban J connectivity index is 2.55. The Labute approximate surface area is 156 Å². The number of aromatic carboxylic acids is 1. The molecule has 144 valence electrons. The summed E-state index contributed by atoms with van der Waals surface area (Å²) in [6.45, 7) is 6.33. The molecule has 0 atom stereocenters. The molecule has 1 heterocycles. The first-order chi connectivity index (χ1) is 11.8. The first-order valence-electron chi connectivity index (χ1n) is 7.72. The van der Waals surface area contributed by atoms with Gasteiger partial charge in [0.25, 0.3) is 0 Å². The third-order valence-corrected chi connectivity index (χ3v) is 6.10. The van der Waals surface area contributed by atoms with E-state index in [-0.39, 0.29) is 6.73 Å². The molecule has 0 radical (unpaired) electrons. The lowest BCUT2D eigenvalue weighted by atomic mass is 10.1. The van der Waals surface area contributed by atoms with Gasteiger partial charge in [-0.25, -0.2) is 9.18 Å². The van der Waals surface area contributed by atoms with Gasteiger partial charge in [0.15, 0.2) is 5.82 Å². The molecule has 0 unspecified atom stereocenters. The summed E-state index contributed by atoms with van der Waals surface area (Å²) in [4.78, 5) is 11.5. The van der Waals surface area contributed by atoms with Crippen molar-refractivity contribution in [2.24, 2.45) is 0 Å². The summed E-state index contributed by atoms with van der Waals surface area (Å²) < 4.78 is 60.4. The monoisotopic (exact) mass is 455 g/mol. The molecule has 4 nitrogen and oxygen atoms in total. The van der Waals surface area contributed by atoms with Crippen LogP contribution in [0.1, 0.15) is 16.1 Å². The molecule has 0 bridgehead atoms. The smallest absolute Gasteiger partial charge is 0.417 e. The molecular formula is C16H18BrF4NO3Si. The number of alkyl halides is 3. The fraction of sp³-hybridized carbons (Fsp3) is 0.438. The van der Waals surface area contributed by atoms with Crippen LogP contribution >= 0.6 is 15.9 Å². The molecule has 10 heteroatoms. The van der Waals surface area contributed by atoms with Crippen molar-refractivity contribution in [3.05, 3.63) is 33.7 Å². The summed E-state index contributed by atoms with van der Waals surface area (Å²) in [6.07, 6.45) is -4.75. The molecule has 0 aliphatic heterocycles. The normalized spacial score (nSPS) is 12.8. The molecule has 1 N–H and O–H groups in total. The van der Waals surface area contributed by atoms with Crippen LogP contribution in [0.3, 0.4) is 0 Å². The number of carboxylic acid groups (broad SMARTS) is 1. The average Bonchev–Trinajstić information content (AvgIpc) is 2.85. The third-order valence-electron chi connectivity index (χ3n) is 3.82. The average molecular weight is 456 g/mol. The second-order valence-corrected chi connectivity index (χ2v) is 13.6. The van der Waals surface area contributed by atoms with Crippen molar-refractivity contribution in [1.82, 2.24) is 4.57 Å². The zero-order valence-electron chi connectivity index (χ0n) is 14.4. The molecule has 0 aliphatic carbocycles. The number of halogens is 5. The highest BCUT2D eigenvalue weighted by atomic mass is 79.9. The Morgan fingerprint density at radius 1 is 1.31 bits per heavy atom. The Hall–Kier alpha value is -1.39. The predicted molar refractivity (Wildman–Crippen MR) is 95.7 cm³/mol. The second-order valence-electron chi connectivity index (χ2n) is 7.09. The van der Waals surface area contributed by atoms with Gasteiger partial charge in [-0.2, -0.15) is 13.2 Å². The minimum absolute atomic E-state index is 0.316. The zero-order chi connectivity index (χ0) is 19.9. The Kier molecular flexibility index (Phi) is 5.89. The lowest BCUT2D eigenvalue weighted by molar-refractivity contribution is -0.136. The number of carbonyl (C=O) groups is 1. The quantitative estimate of drug-likeness (QED) is 0.351. The fourth-order valence-electron chi connectivity index (χ4n) is 2.45. The second kappa shape index (κ2) is 7.32. The fourth-order valence-corrected chi connectivity index (χ4v) is 3.63. The van der Waals surface area contributed by atoms with E-state index in [1.165, 1.54) is 0 Å². The molecule has 0 aliphatic rings. The number of rotatable bonds is 6. The van der Waals surface area contributed by atoms with Crippen molar-refractivity contribution in [1.29, 1.82) is 0 Å². The Morgan fingerprint density at radius 2 is 1.92 bits per heavy atom. The summed E-state index contributed by atoms with van der Waals surface area (Å²) in [7, 11) is -1.40. The number of carboxylic acids is 1. The van der Waals surface area contributed by atoms with Gasteiger partial charge >= 0.3 is 12.1 Å². The van der Waals surface area contributed by atoms with Gasteiger partial charge in [-0.05, 0) is 34.1 Å². The zero-order valence-corrected chi connectivity index (χ0v) is 17.0. The molecular weight excluding hydrogens is 438 g/mol. The molecule has 0 saturated heterocycles. The number of benzene rings is 1. The van der Waals surface area contributed by atoms with E-state index in [9.17, 15) is 27.5 Å². The highest BCUT2D eigenvalue weighted by Crippen LogP contribution is 2.40. The van der Waals surface area contributed by atoms with Crippen LogP contribution in [0.2, 0.25) is 25.7 Å². The molecule has 26 heavy (non-hydrogen) atoms. The van der Waals surface area contributed by atoms with Crippen molar-refractivity contribution in [3.8, 4) is 0 Å². The van der Waals surface area contributed by atoms with Gasteiger partial charge in [-0.1, -0.05) is 19.6 Å². The van der Waals surface area contributed by atoms with Gasteiger partial charge < -0.3 is 14.4 Å². The number of ether oxygens (including phenoxy) is 1. The van der Waals surface area contributed by atoms with E-state index in [0.29, 0.717) is 12.7 Å². The van der Waals surface area contributed by atoms with Crippen LogP contribution in [0.25, 0.3) is 10.9 Å². The molecule has 1 aromatic carbocycles. The van der Waals surface area contributed by atoms with Gasteiger partial charge in [-0.15, -0.1) is 0 Å². The SMILES string of the molecule is C[Si](C)(C)CCOCn1c(C(=O)O)cc2c(C(F)(F)F)cc(Br)c(F)c21. The number of fused-ring (bicyclic) bond motifs is 1. The first kappa shape index (κ1) is 20.9. The van der Waals surface area contributed by atoms with E-state index < -0.39 is 52.7 Å². The lowest BCUT2D eigenvalue weighted by Crippen LogP contribution is -2.22. The number of aromatic nitrogens is 1. The van der Waals surface area contributed by atoms with E-state index in [0.717, 1.165) is 16.7 Å². The summed E-state index contributed by atoms with van der Waals surface area (Å²) in [6, 6.07) is 2.23. The highest BCUT2D eigenvalue weighted by molar-refractivity contribution is 9.10. The Morgan fingerprint density at radius 3 is 2.42 bits per heavy atom. The first-order valence-corrected chi connectivity index (χ1v) is 12.2. The van der Waals surface area contributed by atoms with Crippen LogP contribution in [0.4, 0.5) is 17.6 Å².